The standard InChI is InChI=1S/C20H23FN6/c21-17-12-27(11-16(17)10-26-8-14-6-23-7-15(14)9-26)18-2-1-13(5-22)19-20(18)25-4-3-24-19/h1-4,14-17,23H,6-12H2/t14?,15?,16-,17?/m0/s1. The van der Waals surface area contributed by atoms with Crippen LogP contribution in [-0.2, 0) is 0 Å². The first-order chi connectivity index (χ1) is 13.2. The summed E-state index contributed by atoms with van der Waals surface area (Å²) in [6, 6.07) is 5.82. The van der Waals surface area contributed by atoms with Crippen molar-refractivity contribution in [2.75, 3.05) is 50.7 Å². The van der Waals surface area contributed by atoms with Crippen LogP contribution in [0.3, 0.4) is 0 Å². The van der Waals surface area contributed by atoms with E-state index in [1.165, 1.54) is 0 Å². The molecule has 0 saturated carbocycles. The summed E-state index contributed by atoms with van der Waals surface area (Å²) in [7, 11) is 0. The first-order valence-electron chi connectivity index (χ1n) is 9.69. The average Bonchev–Trinajstić information content (AvgIpc) is 3.36. The highest BCUT2D eigenvalue weighted by Crippen LogP contribution is 2.33. The van der Waals surface area contributed by atoms with Gasteiger partial charge >= 0.3 is 0 Å². The van der Waals surface area contributed by atoms with Gasteiger partial charge < -0.3 is 15.1 Å². The molecule has 1 aromatic carbocycles. The quantitative estimate of drug-likeness (QED) is 0.886. The van der Waals surface area contributed by atoms with E-state index >= 15 is 0 Å². The number of likely N-dealkylation sites (tertiary alicyclic amines) is 1. The van der Waals surface area contributed by atoms with Crippen LogP contribution in [-0.4, -0.2) is 66.9 Å². The van der Waals surface area contributed by atoms with Crippen LogP contribution in [0.2, 0.25) is 0 Å². The number of alkyl halides is 1. The fourth-order valence-electron chi connectivity index (χ4n) is 5.02. The van der Waals surface area contributed by atoms with Crippen molar-refractivity contribution in [3.8, 4) is 6.07 Å². The predicted octanol–water partition coefficient (Wildman–Crippen LogP) is 1.43. The van der Waals surface area contributed by atoms with E-state index in [9.17, 15) is 9.65 Å². The molecule has 3 saturated heterocycles. The molecule has 7 heteroatoms. The van der Waals surface area contributed by atoms with Gasteiger partial charge in [0.2, 0.25) is 0 Å². The van der Waals surface area contributed by atoms with E-state index in [0.29, 0.717) is 29.7 Å². The SMILES string of the molecule is N#Cc1ccc(N2CC(F)[C@@H](CN3CC4CNCC4C3)C2)c2nccnc12. The fraction of sp³-hybridized carbons (Fsp3) is 0.550. The molecule has 6 nitrogen and oxygen atoms in total. The molecule has 3 unspecified atom stereocenters. The van der Waals surface area contributed by atoms with E-state index in [2.05, 4.69) is 31.2 Å². The van der Waals surface area contributed by atoms with Gasteiger partial charge in [0.05, 0.1) is 11.3 Å². The van der Waals surface area contributed by atoms with E-state index in [-0.39, 0.29) is 5.92 Å². The van der Waals surface area contributed by atoms with Crippen LogP contribution in [0.25, 0.3) is 11.0 Å². The van der Waals surface area contributed by atoms with Crippen molar-refractivity contribution >= 4 is 16.7 Å². The molecular formula is C20H23FN6. The third-order valence-electron chi connectivity index (χ3n) is 6.38. The highest BCUT2D eigenvalue weighted by molar-refractivity contribution is 5.92. The zero-order chi connectivity index (χ0) is 18.4. The minimum atomic E-state index is -0.842. The Balaban J connectivity index is 1.34. The molecule has 1 N–H and O–H groups in total. The van der Waals surface area contributed by atoms with E-state index in [1.54, 1.807) is 18.5 Å². The van der Waals surface area contributed by atoms with Crippen molar-refractivity contribution in [2.45, 2.75) is 6.17 Å². The van der Waals surface area contributed by atoms with E-state index < -0.39 is 6.17 Å². The van der Waals surface area contributed by atoms with Crippen LogP contribution < -0.4 is 10.2 Å². The average molecular weight is 366 g/mol. The Bertz CT molecular complexity index is 884. The van der Waals surface area contributed by atoms with Gasteiger partial charge in [0.15, 0.2) is 0 Å². The second kappa shape index (κ2) is 6.70. The van der Waals surface area contributed by atoms with E-state index in [1.807, 2.05) is 6.07 Å². The molecule has 3 aliphatic heterocycles. The number of nitrogens with zero attached hydrogens (tertiary/aromatic N) is 5. The molecule has 0 radical (unpaired) electrons. The van der Waals surface area contributed by atoms with Gasteiger partial charge in [-0.3, -0.25) is 9.97 Å². The first kappa shape index (κ1) is 16.8. The summed E-state index contributed by atoms with van der Waals surface area (Å²) < 4.78 is 14.8. The predicted molar refractivity (Wildman–Crippen MR) is 101 cm³/mol. The Morgan fingerprint density at radius 2 is 1.81 bits per heavy atom. The van der Waals surface area contributed by atoms with Crippen LogP contribution in [0.5, 0.6) is 0 Å². The number of anilines is 1. The Morgan fingerprint density at radius 3 is 2.56 bits per heavy atom. The number of rotatable bonds is 3. The number of benzene rings is 1. The molecule has 4 heterocycles. The third-order valence-corrected chi connectivity index (χ3v) is 6.38. The maximum atomic E-state index is 14.8. The summed E-state index contributed by atoms with van der Waals surface area (Å²) in [5, 5.41) is 12.8. The number of fused-ring (bicyclic) bond motifs is 2. The molecule has 0 amide bonds. The molecule has 140 valence electrons. The van der Waals surface area contributed by atoms with Crippen molar-refractivity contribution < 1.29 is 4.39 Å². The van der Waals surface area contributed by atoms with Crippen LogP contribution >= 0.6 is 0 Å². The lowest BCUT2D eigenvalue weighted by atomic mass is 10.0. The monoisotopic (exact) mass is 366 g/mol. The normalized spacial score (nSPS) is 30.7. The Hall–Kier alpha value is -2.30. The topological polar surface area (TPSA) is 68.1 Å². The fourth-order valence-corrected chi connectivity index (χ4v) is 5.02. The van der Waals surface area contributed by atoms with Crippen molar-refractivity contribution in [3.63, 3.8) is 0 Å². The molecule has 0 aliphatic carbocycles. The highest BCUT2D eigenvalue weighted by Gasteiger charge is 2.40. The zero-order valence-corrected chi connectivity index (χ0v) is 15.2. The summed E-state index contributed by atoms with van der Waals surface area (Å²) in [4.78, 5) is 13.3. The largest absolute Gasteiger partial charge is 0.366 e. The highest BCUT2D eigenvalue weighted by atomic mass is 19.1. The lowest BCUT2D eigenvalue weighted by Gasteiger charge is -2.23. The van der Waals surface area contributed by atoms with Crippen LogP contribution in [0.15, 0.2) is 24.5 Å². The molecule has 5 rings (SSSR count). The summed E-state index contributed by atoms with van der Waals surface area (Å²) in [6.07, 6.45) is 2.38. The van der Waals surface area contributed by atoms with E-state index in [4.69, 9.17) is 0 Å². The summed E-state index contributed by atoms with van der Waals surface area (Å²) in [5.41, 5.74) is 2.67. The number of nitrogens with one attached hydrogen (secondary N) is 1. The first-order valence-corrected chi connectivity index (χ1v) is 9.69. The van der Waals surface area contributed by atoms with Gasteiger partial charge in [-0.2, -0.15) is 5.26 Å². The lowest BCUT2D eigenvalue weighted by Crippen LogP contribution is -2.34. The summed E-state index contributed by atoms with van der Waals surface area (Å²) in [6.45, 7) is 6.27. The molecule has 27 heavy (non-hydrogen) atoms. The summed E-state index contributed by atoms with van der Waals surface area (Å²) in [5.74, 6) is 1.48. The second-order valence-corrected chi connectivity index (χ2v) is 8.08. The smallest absolute Gasteiger partial charge is 0.123 e. The van der Waals surface area contributed by atoms with Crippen LogP contribution in [0.4, 0.5) is 10.1 Å². The van der Waals surface area contributed by atoms with Gasteiger partial charge in [-0.15, -0.1) is 0 Å². The number of hydrogen-bond acceptors (Lipinski definition) is 6. The number of aromatic nitrogens is 2. The number of nitriles is 1. The number of hydrogen-bond donors (Lipinski definition) is 1. The minimum Gasteiger partial charge on any atom is -0.366 e. The van der Waals surface area contributed by atoms with Crippen molar-refractivity contribution in [1.29, 1.82) is 5.26 Å². The zero-order valence-electron chi connectivity index (χ0n) is 15.2. The Kier molecular flexibility index (Phi) is 4.18. The van der Waals surface area contributed by atoms with Gasteiger partial charge in [-0.1, -0.05) is 0 Å². The second-order valence-electron chi connectivity index (χ2n) is 8.08. The van der Waals surface area contributed by atoms with Gasteiger partial charge in [-0.05, 0) is 37.1 Å². The number of halogens is 1. The molecule has 4 atom stereocenters. The van der Waals surface area contributed by atoms with Gasteiger partial charge in [-0.25, -0.2) is 4.39 Å². The maximum Gasteiger partial charge on any atom is 0.123 e. The molecule has 2 aromatic rings. The van der Waals surface area contributed by atoms with Crippen molar-refractivity contribution in [3.05, 3.63) is 30.1 Å². The van der Waals surface area contributed by atoms with Crippen molar-refractivity contribution in [1.82, 2.24) is 20.2 Å². The molecule has 3 fully saturated rings. The molecular weight excluding hydrogens is 343 g/mol. The molecule has 1 aromatic heterocycles. The minimum absolute atomic E-state index is 0.0131. The van der Waals surface area contributed by atoms with Gasteiger partial charge in [0, 0.05) is 51.0 Å². The van der Waals surface area contributed by atoms with E-state index in [0.717, 1.165) is 50.2 Å². The van der Waals surface area contributed by atoms with Gasteiger partial charge in [0.1, 0.15) is 23.3 Å². The van der Waals surface area contributed by atoms with Crippen molar-refractivity contribution in [2.24, 2.45) is 17.8 Å². The Morgan fingerprint density at radius 1 is 1.07 bits per heavy atom. The summed E-state index contributed by atoms with van der Waals surface area (Å²) >= 11 is 0. The molecule has 3 aliphatic rings. The molecule has 0 spiro atoms. The lowest BCUT2D eigenvalue weighted by molar-refractivity contribution is 0.203. The third kappa shape index (κ3) is 2.93. The van der Waals surface area contributed by atoms with Gasteiger partial charge in [0.25, 0.3) is 0 Å². The maximum absolute atomic E-state index is 14.8. The van der Waals surface area contributed by atoms with Crippen LogP contribution in [0, 0.1) is 29.1 Å². The molecule has 0 bridgehead atoms. The Labute approximate surface area is 158 Å². The van der Waals surface area contributed by atoms with Crippen LogP contribution in [0.1, 0.15) is 5.56 Å².